The van der Waals surface area contributed by atoms with E-state index in [1.807, 2.05) is 12.3 Å². The van der Waals surface area contributed by atoms with Gasteiger partial charge in [-0.1, -0.05) is 6.07 Å². The van der Waals surface area contributed by atoms with Crippen molar-refractivity contribution in [2.24, 2.45) is 5.92 Å². The van der Waals surface area contributed by atoms with Gasteiger partial charge in [0.05, 0.1) is 0 Å². The molecule has 4 heteroatoms. The van der Waals surface area contributed by atoms with Crippen LogP contribution in [0.2, 0.25) is 0 Å². The van der Waals surface area contributed by atoms with Crippen molar-refractivity contribution in [3.8, 4) is 0 Å². The second-order valence-electron chi connectivity index (χ2n) is 5.87. The molecular formula is C15H22N2O2. The van der Waals surface area contributed by atoms with Crippen LogP contribution >= 0.6 is 0 Å². The van der Waals surface area contributed by atoms with E-state index in [4.69, 9.17) is 5.11 Å². The highest BCUT2D eigenvalue weighted by Gasteiger charge is 2.39. The predicted octanol–water partition coefficient (Wildman–Crippen LogP) is 2.55. The predicted molar refractivity (Wildman–Crippen MR) is 73.7 cm³/mol. The maximum Gasteiger partial charge on any atom is 0.303 e. The molecule has 1 aliphatic rings. The number of aromatic nitrogens is 1. The van der Waals surface area contributed by atoms with Gasteiger partial charge in [-0.3, -0.25) is 14.7 Å². The Kier molecular flexibility index (Phi) is 4.20. The Morgan fingerprint density at radius 2 is 2.37 bits per heavy atom. The maximum atomic E-state index is 11.0. The minimum absolute atomic E-state index is 0.0769. The van der Waals surface area contributed by atoms with Gasteiger partial charge < -0.3 is 5.11 Å². The van der Waals surface area contributed by atoms with E-state index >= 15 is 0 Å². The lowest BCUT2D eigenvalue weighted by Gasteiger charge is -2.48. The maximum absolute atomic E-state index is 11.0. The van der Waals surface area contributed by atoms with Crippen LogP contribution in [0.5, 0.6) is 0 Å². The number of aliphatic carboxylic acids is 1. The van der Waals surface area contributed by atoms with Crippen LogP contribution in [-0.2, 0) is 11.3 Å². The number of nitrogens with zero attached hydrogens (tertiary/aromatic N) is 2. The van der Waals surface area contributed by atoms with Crippen molar-refractivity contribution >= 4 is 5.97 Å². The molecule has 0 amide bonds. The van der Waals surface area contributed by atoms with Gasteiger partial charge >= 0.3 is 5.97 Å². The van der Waals surface area contributed by atoms with Crippen molar-refractivity contribution in [3.63, 3.8) is 0 Å². The van der Waals surface area contributed by atoms with Crippen LogP contribution in [0.15, 0.2) is 24.5 Å². The molecule has 0 aliphatic carbocycles. The number of carboxylic acids is 1. The van der Waals surface area contributed by atoms with Crippen molar-refractivity contribution in [2.45, 2.75) is 45.2 Å². The fourth-order valence-corrected chi connectivity index (χ4v) is 2.99. The number of hydrogen-bond acceptors (Lipinski definition) is 3. The smallest absolute Gasteiger partial charge is 0.303 e. The fraction of sp³-hybridized carbons (Fsp3) is 0.600. The lowest BCUT2D eigenvalue weighted by molar-refractivity contribution is -0.140. The number of carboxylic acid groups (broad SMARTS) is 1. The number of pyridine rings is 1. The van der Waals surface area contributed by atoms with Crippen LogP contribution in [0, 0.1) is 5.92 Å². The summed E-state index contributed by atoms with van der Waals surface area (Å²) < 4.78 is 0. The summed E-state index contributed by atoms with van der Waals surface area (Å²) in [5.41, 5.74) is 1.11. The number of likely N-dealkylation sites (tertiary alicyclic amines) is 1. The molecule has 4 nitrogen and oxygen atoms in total. The standard InChI is InChI=1S/C15H22N2O2/c1-15(2)13(9-14(18)19)6-4-8-17(15)11-12-5-3-7-16-10-12/h3,5,7,10,13H,4,6,8-9,11H2,1-2H3,(H,18,19). The molecule has 2 heterocycles. The molecule has 1 atom stereocenters. The molecule has 0 spiro atoms. The molecule has 1 saturated heterocycles. The molecule has 0 saturated carbocycles. The Morgan fingerprint density at radius 1 is 1.58 bits per heavy atom. The Labute approximate surface area is 114 Å². The number of piperidine rings is 1. The van der Waals surface area contributed by atoms with Gasteiger partial charge in [-0.2, -0.15) is 0 Å². The summed E-state index contributed by atoms with van der Waals surface area (Å²) in [5.74, 6) is -0.475. The van der Waals surface area contributed by atoms with E-state index in [9.17, 15) is 4.79 Å². The van der Waals surface area contributed by atoms with Crippen LogP contribution < -0.4 is 0 Å². The summed E-state index contributed by atoms with van der Waals surface area (Å²) in [7, 11) is 0. The van der Waals surface area contributed by atoms with Crippen molar-refractivity contribution in [1.82, 2.24) is 9.88 Å². The van der Waals surface area contributed by atoms with Crippen LogP contribution in [0.3, 0.4) is 0 Å². The van der Waals surface area contributed by atoms with Crippen LogP contribution in [-0.4, -0.2) is 33.0 Å². The molecule has 19 heavy (non-hydrogen) atoms. The highest BCUT2D eigenvalue weighted by atomic mass is 16.4. The molecule has 1 fully saturated rings. The van der Waals surface area contributed by atoms with E-state index in [1.54, 1.807) is 6.20 Å². The zero-order valence-corrected chi connectivity index (χ0v) is 11.7. The molecule has 1 N–H and O–H groups in total. The lowest BCUT2D eigenvalue weighted by atomic mass is 9.77. The molecule has 0 aromatic carbocycles. The van der Waals surface area contributed by atoms with Gasteiger partial charge in [0.2, 0.25) is 0 Å². The molecule has 0 radical (unpaired) electrons. The van der Waals surface area contributed by atoms with Gasteiger partial charge in [0, 0.05) is 30.9 Å². The van der Waals surface area contributed by atoms with Crippen molar-refractivity contribution in [2.75, 3.05) is 6.54 Å². The lowest BCUT2D eigenvalue weighted by Crippen LogP contribution is -2.53. The van der Waals surface area contributed by atoms with Gasteiger partial charge in [0.25, 0.3) is 0 Å². The van der Waals surface area contributed by atoms with Gasteiger partial charge in [-0.15, -0.1) is 0 Å². The third-order valence-electron chi connectivity index (χ3n) is 4.31. The van der Waals surface area contributed by atoms with E-state index in [0.717, 1.165) is 25.9 Å². The number of rotatable bonds is 4. The Morgan fingerprint density at radius 3 is 3.00 bits per heavy atom. The topological polar surface area (TPSA) is 53.4 Å². The third-order valence-corrected chi connectivity index (χ3v) is 4.31. The van der Waals surface area contributed by atoms with E-state index in [-0.39, 0.29) is 17.9 Å². The molecule has 0 bridgehead atoms. The molecule has 1 aliphatic heterocycles. The van der Waals surface area contributed by atoms with Crippen molar-refractivity contribution in [3.05, 3.63) is 30.1 Å². The Bertz CT molecular complexity index is 431. The van der Waals surface area contributed by atoms with E-state index < -0.39 is 5.97 Å². The average Bonchev–Trinajstić information content (AvgIpc) is 2.35. The molecule has 1 unspecified atom stereocenters. The van der Waals surface area contributed by atoms with Crippen molar-refractivity contribution in [1.29, 1.82) is 0 Å². The second-order valence-corrected chi connectivity index (χ2v) is 5.87. The van der Waals surface area contributed by atoms with Crippen molar-refractivity contribution < 1.29 is 9.90 Å². The van der Waals surface area contributed by atoms with E-state index in [0.29, 0.717) is 0 Å². The molecule has 1 aromatic heterocycles. The second kappa shape index (κ2) is 5.70. The van der Waals surface area contributed by atoms with Crippen LogP contribution in [0.25, 0.3) is 0 Å². The van der Waals surface area contributed by atoms with Crippen LogP contribution in [0.4, 0.5) is 0 Å². The first-order valence-electron chi connectivity index (χ1n) is 6.86. The summed E-state index contributed by atoms with van der Waals surface area (Å²) >= 11 is 0. The number of carbonyl (C=O) groups is 1. The molecule has 1 aromatic rings. The summed E-state index contributed by atoms with van der Waals surface area (Å²) in [4.78, 5) is 17.5. The summed E-state index contributed by atoms with van der Waals surface area (Å²) in [6.07, 6.45) is 6.00. The first-order valence-corrected chi connectivity index (χ1v) is 6.86. The zero-order chi connectivity index (χ0) is 13.9. The van der Waals surface area contributed by atoms with Gasteiger partial charge in [-0.05, 0) is 50.8 Å². The quantitative estimate of drug-likeness (QED) is 0.906. The summed E-state index contributed by atoms with van der Waals surface area (Å²) in [6.45, 7) is 6.20. The Balaban J connectivity index is 2.09. The van der Waals surface area contributed by atoms with Crippen LogP contribution in [0.1, 0.15) is 38.7 Å². The van der Waals surface area contributed by atoms with Gasteiger partial charge in [0.15, 0.2) is 0 Å². The minimum atomic E-state index is -0.693. The number of hydrogen-bond donors (Lipinski definition) is 1. The molecular weight excluding hydrogens is 240 g/mol. The molecule has 104 valence electrons. The first-order chi connectivity index (χ1) is 9.00. The van der Waals surface area contributed by atoms with E-state index in [1.165, 1.54) is 5.56 Å². The normalized spacial score (nSPS) is 23.2. The molecule has 2 rings (SSSR count). The monoisotopic (exact) mass is 262 g/mol. The SMILES string of the molecule is CC1(C)C(CC(=O)O)CCCN1Cc1cccnc1. The minimum Gasteiger partial charge on any atom is -0.481 e. The van der Waals surface area contributed by atoms with Gasteiger partial charge in [-0.25, -0.2) is 0 Å². The highest BCUT2D eigenvalue weighted by Crippen LogP contribution is 2.36. The average molecular weight is 262 g/mol. The Hall–Kier alpha value is -1.42. The summed E-state index contributed by atoms with van der Waals surface area (Å²) in [5, 5.41) is 9.05. The van der Waals surface area contributed by atoms with E-state index in [2.05, 4.69) is 29.8 Å². The third kappa shape index (κ3) is 3.32. The summed E-state index contributed by atoms with van der Waals surface area (Å²) in [6, 6.07) is 4.02. The van der Waals surface area contributed by atoms with Gasteiger partial charge in [0.1, 0.15) is 0 Å². The first kappa shape index (κ1) is 14.0. The largest absolute Gasteiger partial charge is 0.481 e. The zero-order valence-electron chi connectivity index (χ0n) is 11.7. The fourth-order valence-electron chi connectivity index (χ4n) is 2.99. The highest BCUT2D eigenvalue weighted by molar-refractivity contribution is 5.67.